The fourth-order valence-corrected chi connectivity index (χ4v) is 8.48. The molecule has 0 saturated heterocycles. The summed E-state index contributed by atoms with van der Waals surface area (Å²) in [5, 5.41) is 13.0. The van der Waals surface area contributed by atoms with Gasteiger partial charge in [0.05, 0.1) is 18.1 Å². The molecule has 30 heavy (non-hydrogen) atoms. The molecule has 0 spiro atoms. The van der Waals surface area contributed by atoms with Gasteiger partial charge in [0.25, 0.3) is 8.32 Å². The van der Waals surface area contributed by atoms with Crippen LogP contribution in [0.5, 0.6) is 0 Å². The molecule has 5 heteroatoms. The smallest absolute Gasteiger partial charge is 0.314 e. The molecule has 0 aliphatic rings. The van der Waals surface area contributed by atoms with Gasteiger partial charge in [0.1, 0.15) is 0 Å². The van der Waals surface area contributed by atoms with Crippen molar-refractivity contribution < 1.29 is 19.1 Å². The third-order valence-electron chi connectivity index (χ3n) is 5.76. The topological polar surface area (TPSA) is 55.8 Å². The first-order chi connectivity index (χ1) is 14.1. The number of hydrogen-bond donors (Lipinski definition) is 1. The molecule has 0 heterocycles. The largest absolute Gasteiger partial charge is 0.466 e. The molecule has 0 fully saturated rings. The molecular formula is C25H36O4Si. The molecule has 2 aromatic rings. The van der Waals surface area contributed by atoms with E-state index in [2.05, 4.69) is 45.0 Å². The van der Waals surface area contributed by atoms with Gasteiger partial charge in [-0.1, -0.05) is 81.4 Å². The Morgan fingerprint density at radius 1 is 0.933 bits per heavy atom. The number of esters is 1. The molecule has 1 atom stereocenters. The SMILES string of the molecule is CCOC(=O)C(C)(C)[C@H](O)CCO[Si](c1ccccc1)(c1ccccc1)C(C)(C)C. The fraction of sp³-hybridized carbons (Fsp3) is 0.480. The van der Waals surface area contributed by atoms with Gasteiger partial charge in [0.2, 0.25) is 0 Å². The normalized spacial score (nSPS) is 13.7. The second-order valence-electron chi connectivity index (χ2n) is 9.26. The average molecular weight is 429 g/mol. The van der Waals surface area contributed by atoms with Gasteiger partial charge in [-0.25, -0.2) is 0 Å². The van der Waals surface area contributed by atoms with Crippen LogP contribution in [0.2, 0.25) is 5.04 Å². The highest BCUT2D eigenvalue weighted by Crippen LogP contribution is 2.37. The second kappa shape index (κ2) is 9.90. The maximum Gasteiger partial charge on any atom is 0.314 e. The Balaban J connectivity index is 2.35. The van der Waals surface area contributed by atoms with Crippen LogP contribution >= 0.6 is 0 Å². The number of hydrogen-bond acceptors (Lipinski definition) is 4. The van der Waals surface area contributed by atoms with Crippen molar-refractivity contribution in [2.24, 2.45) is 5.41 Å². The molecule has 0 bridgehead atoms. The third-order valence-corrected chi connectivity index (χ3v) is 10.8. The molecule has 0 aliphatic heterocycles. The molecule has 2 rings (SSSR count). The van der Waals surface area contributed by atoms with Crippen LogP contribution < -0.4 is 10.4 Å². The summed E-state index contributed by atoms with van der Waals surface area (Å²) in [6.45, 7) is 12.5. The van der Waals surface area contributed by atoms with Crippen LogP contribution in [0.3, 0.4) is 0 Å². The lowest BCUT2D eigenvalue weighted by Crippen LogP contribution is -2.66. The van der Waals surface area contributed by atoms with Crippen LogP contribution in [-0.4, -0.2) is 38.7 Å². The highest BCUT2D eigenvalue weighted by atomic mass is 28.4. The van der Waals surface area contributed by atoms with E-state index in [9.17, 15) is 9.90 Å². The van der Waals surface area contributed by atoms with Gasteiger partial charge >= 0.3 is 5.97 Å². The minimum absolute atomic E-state index is 0.128. The van der Waals surface area contributed by atoms with E-state index in [-0.39, 0.29) is 11.0 Å². The van der Waals surface area contributed by atoms with Crippen LogP contribution in [-0.2, 0) is 14.0 Å². The molecule has 0 saturated carbocycles. The van der Waals surface area contributed by atoms with Gasteiger partial charge in [-0.2, -0.15) is 0 Å². The molecule has 0 radical (unpaired) electrons. The molecule has 4 nitrogen and oxygen atoms in total. The summed E-state index contributed by atoms with van der Waals surface area (Å²) >= 11 is 0. The van der Waals surface area contributed by atoms with Crippen molar-refractivity contribution in [1.82, 2.24) is 0 Å². The zero-order chi connectivity index (χ0) is 22.4. The lowest BCUT2D eigenvalue weighted by atomic mass is 9.85. The number of rotatable bonds is 9. The van der Waals surface area contributed by atoms with Crippen molar-refractivity contribution in [2.45, 2.75) is 59.1 Å². The minimum Gasteiger partial charge on any atom is -0.466 e. The van der Waals surface area contributed by atoms with Gasteiger partial charge in [-0.15, -0.1) is 0 Å². The highest BCUT2D eigenvalue weighted by molar-refractivity contribution is 6.99. The predicted octanol–water partition coefficient (Wildman–Crippen LogP) is 3.90. The first kappa shape index (κ1) is 24.3. The summed E-state index contributed by atoms with van der Waals surface area (Å²) in [5.74, 6) is -0.386. The Labute approximate surface area is 182 Å². The minimum atomic E-state index is -2.64. The third kappa shape index (κ3) is 5.02. The van der Waals surface area contributed by atoms with E-state index in [1.807, 2.05) is 36.4 Å². The number of carbonyl (C=O) groups excluding carboxylic acids is 1. The van der Waals surface area contributed by atoms with Crippen LogP contribution in [0.15, 0.2) is 60.7 Å². The van der Waals surface area contributed by atoms with E-state index >= 15 is 0 Å². The van der Waals surface area contributed by atoms with Crippen molar-refractivity contribution in [3.05, 3.63) is 60.7 Å². The molecule has 0 unspecified atom stereocenters. The lowest BCUT2D eigenvalue weighted by Gasteiger charge is -2.43. The zero-order valence-electron chi connectivity index (χ0n) is 19.1. The first-order valence-electron chi connectivity index (χ1n) is 10.7. The van der Waals surface area contributed by atoms with E-state index in [4.69, 9.17) is 9.16 Å². The van der Waals surface area contributed by atoms with Crippen molar-refractivity contribution in [1.29, 1.82) is 0 Å². The van der Waals surface area contributed by atoms with E-state index in [0.29, 0.717) is 19.6 Å². The Bertz CT molecular complexity index is 757. The number of ether oxygens (including phenoxy) is 1. The number of benzene rings is 2. The Hall–Kier alpha value is -1.95. The molecule has 1 N–H and O–H groups in total. The van der Waals surface area contributed by atoms with Gasteiger partial charge in [0, 0.05) is 6.61 Å². The van der Waals surface area contributed by atoms with E-state index in [0.717, 1.165) is 0 Å². The predicted molar refractivity (Wildman–Crippen MR) is 125 cm³/mol. The van der Waals surface area contributed by atoms with E-state index in [1.54, 1.807) is 20.8 Å². The fourth-order valence-electron chi connectivity index (χ4n) is 3.90. The zero-order valence-corrected chi connectivity index (χ0v) is 20.1. The molecule has 2 aromatic carbocycles. The molecule has 0 aliphatic carbocycles. The summed E-state index contributed by atoms with van der Waals surface area (Å²) in [6.07, 6.45) is -0.495. The summed E-state index contributed by atoms with van der Waals surface area (Å²) in [4.78, 5) is 12.3. The van der Waals surface area contributed by atoms with Gasteiger partial charge in [-0.3, -0.25) is 4.79 Å². The maximum atomic E-state index is 12.3. The Kier molecular flexibility index (Phi) is 8.03. The van der Waals surface area contributed by atoms with Crippen LogP contribution in [0, 0.1) is 5.41 Å². The number of carbonyl (C=O) groups is 1. The lowest BCUT2D eigenvalue weighted by molar-refractivity contribution is -0.160. The Morgan fingerprint density at radius 3 is 1.80 bits per heavy atom. The standard InChI is InChI=1S/C25H36O4Si/c1-7-28-23(27)25(5,6)22(26)18-19-29-30(24(2,3)4,20-14-10-8-11-15-20)21-16-12-9-13-17-21/h8-17,22,26H,7,18-19H2,1-6H3/t22-/m1/s1. The van der Waals surface area contributed by atoms with Crippen LogP contribution in [0.25, 0.3) is 0 Å². The average Bonchev–Trinajstić information content (AvgIpc) is 2.71. The second-order valence-corrected chi connectivity index (χ2v) is 13.6. The van der Waals surface area contributed by atoms with Gasteiger partial charge in [-0.05, 0) is 42.6 Å². The van der Waals surface area contributed by atoms with E-state index in [1.165, 1.54) is 10.4 Å². The van der Waals surface area contributed by atoms with Crippen molar-refractivity contribution in [3.8, 4) is 0 Å². The van der Waals surface area contributed by atoms with E-state index < -0.39 is 19.8 Å². The molecular weight excluding hydrogens is 392 g/mol. The quantitative estimate of drug-likeness (QED) is 0.486. The first-order valence-corrected chi connectivity index (χ1v) is 12.6. The van der Waals surface area contributed by atoms with Gasteiger partial charge < -0.3 is 14.3 Å². The van der Waals surface area contributed by atoms with Gasteiger partial charge in [0.15, 0.2) is 0 Å². The summed E-state index contributed by atoms with van der Waals surface area (Å²) in [6, 6.07) is 20.8. The van der Waals surface area contributed by atoms with Crippen LogP contribution in [0.1, 0.15) is 48.0 Å². The van der Waals surface area contributed by atoms with Crippen molar-refractivity contribution in [2.75, 3.05) is 13.2 Å². The van der Waals surface area contributed by atoms with Crippen molar-refractivity contribution >= 4 is 24.7 Å². The Morgan fingerprint density at radius 2 is 1.40 bits per heavy atom. The number of aliphatic hydroxyl groups is 1. The summed E-state index contributed by atoms with van der Waals surface area (Å²) < 4.78 is 11.9. The molecule has 0 amide bonds. The maximum absolute atomic E-state index is 12.3. The number of aliphatic hydroxyl groups excluding tert-OH is 1. The van der Waals surface area contributed by atoms with Crippen molar-refractivity contribution in [3.63, 3.8) is 0 Å². The van der Waals surface area contributed by atoms with Crippen LogP contribution in [0.4, 0.5) is 0 Å². The highest BCUT2D eigenvalue weighted by Gasteiger charge is 2.50. The summed E-state index contributed by atoms with van der Waals surface area (Å²) in [5.41, 5.74) is -0.981. The summed E-state index contributed by atoms with van der Waals surface area (Å²) in [7, 11) is -2.64. The molecule has 0 aromatic heterocycles. The molecule has 164 valence electrons. The monoisotopic (exact) mass is 428 g/mol.